The quantitative estimate of drug-likeness (QED) is 0.584. The molecule has 0 fully saturated rings. The molecule has 0 heterocycles. The van der Waals surface area contributed by atoms with Crippen LogP contribution >= 0.6 is 0 Å². The third-order valence-electron chi connectivity index (χ3n) is 2.69. The molecule has 4 heteroatoms. The minimum atomic E-state index is -0.469. The molecule has 0 aromatic carbocycles. The standard InChI is InChI=1S/C11H24N2O2/c1-4-6-9(14)7-13-11(15)10(12)8(3)5-2/h8-10,14H,4-7,12H2,1-3H3,(H,13,15)/t8?,9?,10-/m0/s1. The van der Waals surface area contributed by atoms with Gasteiger partial charge in [-0.1, -0.05) is 33.6 Å². The van der Waals surface area contributed by atoms with Gasteiger partial charge in [0.25, 0.3) is 0 Å². The molecule has 0 spiro atoms. The second-order valence-electron chi connectivity index (χ2n) is 4.10. The van der Waals surface area contributed by atoms with E-state index in [0.29, 0.717) is 13.0 Å². The van der Waals surface area contributed by atoms with Gasteiger partial charge in [0.1, 0.15) is 0 Å². The van der Waals surface area contributed by atoms with Crippen molar-refractivity contribution in [2.45, 2.75) is 52.2 Å². The van der Waals surface area contributed by atoms with Crippen molar-refractivity contribution >= 4 is 5.91 Å². The summed E-state index contributed by atoms with van der Waals surface area (Å²) in [5.41, 5.74) is 5.74. The molecule has 0 aliphatic rings. The first-order valence-electron chi connectivity index (χ1n) is 5.74. The fourth-order valence-corrected chi connectivity index (χ4v) is 1.28. The molecule has 0 rings (SSSR count). The van der Waals surface area contributed by atoms with Crippen molar-refractivity contribution in [3.8, 4) is 0 Å². The molecular formula is C11H24N2O2. The zero-order valence-electron chi connectivity index (χ0n) is 9.99. The third kappa shape index (κ3) is 5.74. The van der Waals surface area contributed by atoms with Gasteiger partial charge in [0, 0.05) is 6.54 Å². The van der Waals surface area contributed by atoms with Crippen molar-refractivity contribution < 1.29 is 9.90 Å². The monoisotopic (exact) mass is 216 g/mol. The number of carbonyl (C=O) groups is 1. The van der Waals surface area contributed by atoms with Crippen molar-refractivity contribution in [1.29, 1.82) is 0 Å². The van der Waals surface area contributed by atoms with Gasteiger partial charge in [-0.3, -0.25) is 4.79 Å². The number of nitrogens with one attached hydrogen (secondary N) is 1. The summed E-state index contributed by atoms with van der Waals surface area (Å²) in [6.45, 7) is 6.25. The predicted molar refractivity (Wildman–Crippen MR) is 61.4 cm³/mol. The Hall–Kier alpha value is -0.610. The lowest BCUT2D eigenvalue weighted by atomic mass is 9.99. The maximum Gasteiger partial charge on any atom is 0.237 e. The zero-order valence-corrected chi connectivity index (χ0v) is 9.99. The van der Waals surface area contributed by atoms with Crippen molar-refractivity contribution in [2.75, 3.05) is 6.54 Å². The van der Waals surface area contributed by atoms with E-state index in [2.05, 4.69) is 5.32 Å². The van der Waals surface area contributed by atoms with Gasteiger partial charge in [0.15, 0.2) is 0 Å². The van der Waals surface area contributed by atoms with Crippen LogP contribution in [0.2, 0.25) is 0 Å². The van der Waals surface area contributed by atoms with Gasteiger partial charge >= 0.3 is 0 Å². The Kier molecular flexibility index (Phi) is 7.34. The van der Waals surface area contributed by atoms with Crippen molar-refractivity contribution in [1.82, 2.24) is 5.32 Å². The van der Waals surface area contributed by atoms with E-state index >= 15 is 0 Å². The summed E-state index contributed by atoms with van der Waals surface area (Å²) < 4.78 is 0. The molecule has 0 aromatic rings. The molecule has 15 heavy (non-hydrogen) atoms. The first kappa shape index (κ1) is 14.4. The van der Waals surface area contributed by atoms with E-state index in [1.807, 2.05) is 20.8 Å². The van der Waals surface area contributed by atoms with Gasteiger partial charge in [0.05, 0.1) is 12.1 Å². The van der Waals surface area contributed by atoms with E-state index in [9.17, 15) is 9.90 Å². The summed E-state index contributed by atoms with van der Waals surface area (Å²) in [4.78, 5) is 11.5. The van der Waals surface area contributed by atoms with Crippen molar-refractivity contribution in [3.63, 3.8) is 0 Å². The molecule has 0 aliphatic heterocycles. The van der Waals surface area contributed by atoms with Crippen LogP contribution in [0.5, 0.6) is 0 Å². The van der Waals surface area contributed by atoms with E-state index in [1.165, 1.54) is 0 Å². The molecule has 0 saturated carbocycles. The van der Waals surface area contributed by atoms with E-state index in [0.717, 1.165) is 12.8 Å². The Morgan fingerprint density at radius 1 is 1.47 bits per heavy atom. The maximum atomic E-state index is 11.5. The van der Waals surface area contributed by atoms with Crippen LogP contribution in [0.25, 0.3) is 0 Å². The molecule has 4 nitrogen and oxygen atoms in total. The number of rotatable bonds is 7. The summed E-state index contributed by atoms with van der Waals surface area (Å²) in [5.74, 6) is 0.00724. The number of amides is 1. The Bertz CT molecular complexity index is 185. The van der Waals surface area contributed by atoms with E-state index in [1.54, 1.807) is 0 Å². The third-order valence-corrected chi connectivity index (χ3v) is 2.69. The summed E-state index contributed by atoms with van der Waals surface area (Å²) in [5, 5.41) is 12.1. The number of aliphatic hydroxyl groups excluding tert-OH is 1. The molecule has 2 unspecified atom stereocenters. The topological polar surface area (TPSA) is 75.3 Å². The molecule has 0 radical (unpaired) electrons. The average molecular weight is 216 g/mol. The maximum absolute atomic E-state index is 11.5. The Labute approximate surface area is 92.2 Å². The van der Waals surface area contributed by atoms with Gasteiger partial charge in [-0.05, 0) is 12.3 Å². The van der Waals surface area contributed by atoms with E-state index in [-0.39, 0.29) is 11.8 Å². The van der Waals surface area contributed by atoms with Gasteiger partial charge in [-0.2, -0.15) is 0 Å². The minimum Gasteiger partial charge on any atom is -0.391 e. The van der Waals surface area contributed by atoms with Gasteiger partial charge < -0.3 is 16.2 Å². The Balaban J connectivity index is 3.82. The summed E-state index contributed by atoms with van der Waals surface area (Å²) >= 11 is 0. The summed E-state index contributed by atoms with van der Waals surface area (Å²) in [7, 11) is 0. The highest BCUT2D eigenvalue weighted by molar-refractivity contribution is 5.81. The van der Waals surface area contributed by atoms with Gasteiger partial charge in [-0.15, -0.1) is 0 Å². The van der Waals surface area contributed by atoms with E-state index in [4.69, 9.17) is 5.73 Å². The summed E-state index contributed by atoms with van der Waals surface area (Å²) in [6.07, 6.45) is 2.04. The first-order chi connectivity index (χ1) is 7.02. The normalized spacial score (nSPS) is 16.9. The summed E-state index contributed by atoms with van der Waals surface area (Å²) in [6, 6.07) is -0.469. The minimum absolute atomic E-state index is 0.167. The molecular weight excluding hydrogens is 192 g/mol. The molecule has 1 amide bonds. The van der Waals surface area contributed by atoms with Gasteiger partial charge in [-0.25, -0.2) is 0 Å². The largest absolute Gasteiger partial charge is 0.391 e. The molecule has 4 N–H and O–H groups in total. The lowest BCUT2D eigenvalue weighted by Gasteiger charge is -2.19. The Morgan fingerprint density at radius 2 is 2.07 bits per heavy atom. The second kappa shape index (κ2) is 7.65. The number of hydrogen-bond acceptors (Lipinski definition) is 3. The van der Waals surface area contributed by atoms with Crippen LogP contribution in [0.3, 0.4) is 0 Å². The lowest BCUT2D eigenvalue weighted by Crippen LogP contribution is -2.46. The molecule has 3 atom stereocenters. The molecule has 0 aliphatic carbocycles. The van der Waals surface area contributed by atoms with Crippen LogP contribution in [0.1, 0.15) is 40.0 Å². The fraction of sp³-hybridized carbons (Fsp3) is 0.909. The van der Waals surface area contributed by atoms with Crippen LogP contribution in [0.4, 0.5) is 0 Å². The number of aliphatic hydroxyl groups is 1. The first-order valence-corrected chi connectivity index (χ1v) is 5.74. The zero-order chi connectivity index (χ0) is 11.8. The fourth-order valence-electron chi connectivity index (χ4n) is 1.28. The van der Waals surface area contributed by atoms with Crippen LogP contribution in [0, 0.1) is 5.92 Å². The highest BCUT2D eigenvalue weighted by Gasteiger charge is 2.19. The van der Waals surface area contributed by atoms with E-state index < -0.39 is 12.1 Å². The number of carbonyl (C=O) groups excluding carboxylic acids is 1. The van der Waals surface area contributed by atoms with Crippen LogP contribution in [-0.2, 0) is 4.79 Å². The van der Waals surface area contributed by atoms with Crippen molar-refractivity contribution in [3.05, 3.63) is 0 Å². The Morgan fingerprint density at radius 3 is 2.53 bits per heavy atom. The van der Waals surface area contributed by atoms with Crippen LogP contribution in [0.15, 0.2) is 0 Å². The van der Waals surface area contributed by atoms with Crippen LogP contribution in [-0.4, -0.2) is 29.7 Å². The SMILES string of the molecule is CCCC(O)CNC(=O)[C@@H](N)C(C)CC. The molecule has 0 bridgehead atoms. The average Bonchev–Trinajstić information content (AvgIpc) is 2.24. The highest BCUT2D eigenvalue weighted by atomic mass is 16.3. The van der Waals surface area contributed by atoms with Gasteiger partial charge in [0.2, 0.25) is 5.91 Å². The predicted octanol–water partition coefficient (Wildman–Crippen LogP) is 0.637. The smallest absolute Gasteiger partial charge is 0.237 e. The lowest BCUT2D eigenvalue weighted by molar-refractivity contribution is -0.123. The second-order valence-corrected chi connectivity index (χ2v) is 4.10. The molecule has 0 aromatic heterocycles. The number of nitrogens with two attached hydrogens (primary N) is 1. The highest BCUT2D eigenvalue weighted by Crippen LogP contribution is 2.05. The van der Waals surface area contributed by atoms with Crippen molar-refractivity contribution in [2.24, 2.45) is 11.7 Å². The molecule has 0 saturated heterocycles. The van der Waals surface area contributed by atoms with Crippen LogP contribution < -0.4 is 11.1 Å². The molecule has 90 valence electrons. The number of hydrogen-bond donors (Lipinski definition) is 3.